The number of carbonyl (C=O) groups excluding carboxylic acids is 2. The molecule has 120 valence electrons. The van der Waals surface area contributed by atoms with E-state index in [4.69, 9.17) is 4.74 Å². The molecule has 1 heterocycles. The van der Waals surface area contributed by atoms with E-state index in [1.807, 2.05) is 12.1 Å². The van der Waals surface area contributed by atoms with E-state index in [2.05, 4.69) is 10.3 Å². The number of nitrogens with one attached hydrogen (secondary N) is 1. The van der Waals surface area contributed by atoms with Gasteiger partial charge in [-0.05, 0) is 23.8 Å². The highest BCUT2D eigenvalue weighted by Gasteiger charge is 2.18. The summed E-state index contributed by atoms with van der Waals surface area (Å²) in [4.78, 5) is 29.4. The van der Waals surface area contributed by atoms with Gasteiger partial charge in [0.05, 0.1) is 12.8 Å². The maximum Gasteiger partial charge on any atom is 0.240 e. The molecule has 2 amide bonds. The average Bonchev–Trinajstić information content (AvgIpc) is 2.58. The van der Waals surface area contributed by atoms with Crippen molar-refractivity contribution in [3.63, 3.8) is 0 Å². The molecule has 0 bridgehead atoms. The molecule has 0 aliphatic carbocycles. The first-order valence-electron chi connectivity index (χ1n) is 7.18. The molecule has 6 heteroatoms. The van der Waals surface area contributed by atoms with Gasteiger partial charge in [0.1, 0.15) is 12.3 Å². The second-order valence-electron chi connectivity index (χ2n) is 4.92. The van der Waals surface area contributed by atoms with Gasteiger partial charge in [0.2, 0.25) is 11.8 Å². The Morgan fingerprint density at radius 3 is 2.65 bits per heavy atom. The predicted octanol–water partition coefficient (Wildman–Crippen LogP) is 1.76. The first kappa shape index (κ1) is 16.5. The first-order valence-corrected chi connectivity index (χ1v) is 7.18. The van der Waals surface area contributed by atoms with Crippen LogP contribution in [0.2, 0.25) is 0 Å². The smallest absolute Gasteiger partial charge is 0.240 e. The lowest BCUT2D eigenvalue weighted by Crippen LogP contribution is -2.39. The number of ether oxygens (including phenoxy) is 1. The van der Waals surface area contributed by atoms with Crippen molar-refractivity contribution < 1.29 is 14.3 Å². The van der Waals surface area contributed by atoms with Crippen molar-refractivity contribution >= 4 is 17.5 Å². The van der Waals surface area contributed by atoms with Crippen LogP contribution in [-0.4, -0.2) is 30.5 Å². The number of benzene rings is 1. The zero-order valence-corrected chi connectivity index (χ0v) is 13.2. The number of para-hydroxylation sites is 2. The number of methoxy groups -OCH3 is 1. The third-order valence-corrected chi connectivity index (χ3v) is 3.27. The molecule has 0 saturated heterocycles. The van der Waals surface area contributed by atoms with Crippen molar-refractivity contribution in [2.75, 3.05) is 18.6 Å². The number of hydrogen-bond acceptors (Lipinski definition) is 4. The van der Waals surface area contributed by atoms with Crippen LogP contribution in [0.25, 0.3) is 0 Å². The lowest BCUT2D eigenvalue weighted by atomic mass is 10.2. The van der Waals surface area contributed by atoms with E-state index in [0.29, 0.717) is 18.0 Å². The average molecular weight is 313 g/mol. The number of rotatable bonds is 6. The summed E-state index contributed by atoms with van der Waals surface area (Å²) in [7, 11) is 1.53. The second kappa shape index (κ2) is 7.93. The molecule has 6 nitrogen and oxygen atoms in total. The number of aromatic nitrogens is 1. The molecule has 1 aromatic heterocycles. The fourth-order valence-electron chi connectivity index (χ4n) is 2.12. The number of pyridine rings is 1. The molecular weight excluding hydrogens is 294 g/mol. The summed E-state index contributed by atoms with van der Waals surface area (Å²) in [6, 6.07) is 10.8. The van der Waals surface area contributed by atoms with Crippen LogP contribution in [0.15, 0.2) is 48.8 Å². The fraction of sp³-hybridized carbons (Fsp3) is 0.235. The van der Waals surface area contributed by atoms with Crippen molar-refractivity contribution in [2.24, 2.45) is 0 Å². The number of nitrogens with zero attached hydrogens (tertiary/aromatic N) is 2. The Morgan fingerprint density at radius 1 is 1.22 bits per heavy atom. The summed E-state index contributed by atoms with van der Waals surface area (Å²) in [6.45, 7) is 1.71. The maximum atomic E-state index is 12.1. The molecule has 0 spiro atoms. The maximum absolute atomic E-state index is 12.1. The minimum absolute atomic E-state index is 0.0734. The number of amides is 2. The Morgan fingerprint density at radius 2 is 2.00 bits per heavy atom. The molecular formula is C17H19N3O3. The van der Waals surface area contributed by atoms with Gasteiger partial charge in [-0.1, -0.05) is 18.2 Å². The molecule has 0 saturated carbocycles. The Hall–Kier alpha value is -2.89. The van der Waals surface area contributed by atoms with E-state index in [-0.39, 0.29) is 18.4 Å². The number of hydrogen-bond donors (Lipinski definition) is 1. The van der Waals surface area contributed by atoms with Crippen molar-refractivity contribution in [1.82, 2.24) is 10.3 Å². The van der Waals surface area contributed by atoms with Crippen molar-refractivity contribution in [2.45, 2.75) is 13.5 Å². The largest absolute Gasteiger partial charge is 0.495 e. The van der Waals surface area contributed by atoms with Gasteiger partial charge in [0, 0.05) is 25.9 Å². The van der Waals surface area contributed by atoms with Gasteiger partial charge in [0.15, 0.2) is 0 Å². The van der Waals surface area contributed by atoms with Crippen molar-refractivity contribution in [1.29, 1.82) is 0 Å². The molecule has 1 aromatic carbocycles. The zero-order valence-electron chi connectivity index (χ0n) is 13.2. The van der Waals surface area contributed by atoms with Crippen LogP contribution in [0.3, 0.4) is 0 Å². The summed E-state index contributed by atoms with van der Waals surface area (Å²) < 4.78 is 5.25. The minimum Gasteiger partial charge on any atom is -0.495 e. The van der Waals surface area contributed by atoms with Crippen molar-refractivity contribution in [3.8, 4) is 5.75 Å². The zero-order chi connectivity index (χ0) is 16.7. The van der Waals surface area contributed by atoms with Gasteiger partial charge in [-0.15, -0.1) is 0 Å². The lowest BCUT2D eigenvalue weighted by Gasteiger charge is -2.22. The number of carbonyl (C=O) groups is 2. The summed E-state index contributed by atoms with van der Waals surface area (Å²) >= 11 is 0. The Balaban J connectivity index is 2.04. The van der Waals surface area contributed by atoms with E-state index in [9.17, 15) is 9.59 Å². The normalized spacial score (nSPS) is 10.0. The number of anilines is 1. The third kappa shape index (κ3) is 4.54. The fourth-order valence-corrected chi connectivity index (χ4v) is 2.12. The standard InChI is InChI=1S/C17H19N3O3/c1-13(21)20(15-7-3-4-8-16(15)23-2)12-17(22)19-11-14-6-5-9-18-10-14/h3-10H,11-12H2,1-2H3,(H,19,22). The van der Waals surface area contributed by atoms with Crippen molar-refractivity contribution in [3.05, 3.63) is 54.4 Å². The topological polar surface area (TPSA) is 71.5 Å². The van der Waals surface area contributed by atoms with Crippen LogP contribution in [0.5, 0.6) is 5.75 Å². The minimum atomic E-state index is -0.255. The molecule has 2 rings (SSSR count). The first-order chi connectivity index (χ1) is 11.1. The molecule has 1 N–H and O–H groups in total. The van der Waals surface area contributed by atoms with Gasteiger partial charge >= 0.3 is 0 Å². The summed E-state index contributed by atoms with van der Waals surface area (Å²) in [5.74, 6) is 0.0590. The van der Waals surface area contributed by atoms with E-state index in [0.717, 1.165) is 5.56 Å². The van der Waals surface area contributed by atoms with Gasteiger partial charge in [-0.3, -0.25) is 19.5 Å². The highest BCUT2D eigenvalue weighted by atomic mass is 16.5. The molecule has 0 radical (unpaired) electrons. The molecule has 2 aromatic rings. The third-order valence-electron chi connectivity index (χ3n) is 3.27. The summed E-state index contributed by atoms with van der Waals surface area (Å²) in [5.41, 5.74) is 1.46. The Kier molecular flexibility index (Phi) is 5.68. The highest BCUT2D eigenvalue weighted by Crippen LogP contribution is 2.27. The molecule has 0 aliphatic heterocycles. The quantitative estimate of drug-likeness (QED) is 0.882. The lowest BCUT2D eigenvalue weighted by molar-refractivity contribution is -0.123. The molecule has 0 atom stereocenters. The molecule has 0 aliphatic rings. The van der Waals surface area contributed by atoms with Gasteiger partial charge < -0.3 is 10.1 Å². The van der Waals surface area contributed by atoms with Crippen LogP contribution >= 0.6 is 0 Å². The van der Waals surface area contributed by atoms with E-state index in [1.54, 1.807) is 36.7 Å². The summed E-state index contributed by atoms with van der Waals surface area (Å²) in [5, 5.41) is 2.78. The van der Waals surface area contributed by atoms with Gasteiger partial charge in [-0.2, -0.15) is 0 Å². The Labute approximate surface area is 135 Å². The van der Waals surface area contributed by atoms with Crippen LogP contribution in [-0.2, 0) is 16.1 Å². The molecule has 23 heavy (non-hydrogen) atoms. The van der Waals surface area contributed by atoms with Gasteiger partial charge in [0.25, 0.3) is 0 Å². The van der Waals surface area contributed by atoms with Crippen LogP contribution in [0.4, 0.5) is 5.69 Å². The Bertz CT molecular complexity index is 674. The summed E-state index contributed by atoms with van der Waals surface area (Å²) in [6.07, 6.45) is 3.35. The predicted molar refractivity (Wildman–Crippen MR) is 87.1 cm³/mol. The highest BCUT2D eigenvalue weighted by molar-refractivity contribution is 5.98. The van der Waals surface area contributed by atoms with E-state index >= 15 is 0 Å². The molecule has 0 fully saturated rings. The van der Waals surface area contributed by atoms with Crippen LogP contribution in [0, 0.1) is 0 Å². The van der Waals surface area contributed by atoms with E-state index < -0.39 is 0 Å². The monoisotopic (exact) mass is 313 g/mol. The van der Waals surface area contributed by atoms with Crippen LogP contribution in [0.1, 0.15) is 12.5 Å². The van der Waals surface area contributed by atoms with Crippen LogP contribution < -0.4 is 15.0 Å². The molecule has 0 unspecified atom stereocenters. The second-order valence-corrected chi connectivity index (χ2v) is 4.92. The van der Waals surface area contributed by atoms with E-state index in [1.165, 1.54) is 18.9 Å². The van der Waals surface area contributed by atoms with Gasteiger partial charge in [-0.25, -0.2) is 0 Å². The SMILES string of the molecule is COc1ccccc1N(CC(=O)NCc1cccnc1)C(C)=O.